The molecule has 0 aromatic heterocycles. The summed E-state index contributed by atoms with van der Waals surface area (Å²) >= 11 is 7.18. The molecule has 0 spiro atoms. The Labute approximate surface area is 94.5 Å². The maximum absolute atomic E-state index is 5.35. The summed E-state index contributed by atoms with van der Waals surface area (Å²) < 4.78 is 1.02. The summed E-state index contributed by atoms with van der Waals surface area (Å²) in [6.45, 7) is 3.28. The second kappa shape index (κ2) is 4.32. The van der Waals surface area contributed by atoms with Crippen molar-refractivity contribution < 1.29 is 0 Å². The molecule has 1 saturated heterocycles. The Balaban J connectivity index is 2.17. The lowest BCUT2D eigenvalue weighted by Gasteiger charge is -2.16. The van der Waals surface area contributed by atoms with Gasteiger partial charge in [-0.1, -0.05) is 49.1 Å². The van der Waals surface area contributed by atoms with Gasteiger partial charge in [0.2, 0.25) is 0 Å². The normalized spacial score (nSPS) is 21.6. The lowest BCUT2D eigenvalue weighted by molar-refractivity contribution is 0.837. The number of thioether (sulfide) groups is 1. The first kappa shape index (κ1) is 9.99. The summed E-state index contributed by atoms with van der Waals surface area (Å²) in [6.07, 6.45) is 1.19. The number of para-hydroxylation sites is 1. The summed E-state index contributed by atoms with van der Waals surface area (Å²) in [5, 5.41) is 0.669. The van der Waals surface area contributed by atoms with E-state index >= 15 is 0 Å². The highest BCUT2D eigenvalue weighted by Crippen LogP contribution is 2.31. The molecule has 1 aliphatic heterocycles. The minimum Gasteiger partial charge on any atom is -0.326 e. The minimum absolute atomic E-state index is 0.669. The number of thiocarbonyl (C=S) groups is 1. The van der Waals surface area contributed by atoms with Gasteiger partial charge in [-0.2, -0.15) is 0 Å². The van der Waals surface area contributed by atoms with Crippen LogP contribution in [0.2, 0.25) is 0 Å². The van der Waals surface area contributed by atoms with Gasteiger partial charge in [0, 0.05) is 17.5 Å². The Morgan fingerprint density at radius 3 is 2.71 bits per heavy atom. The third kappa shape index (κ3) is 1.93. The average Bonchev–Trinajstić information content (AvgIpc) is 2.61. The second-order valence-corrected chi connectivity index (χ2v) is 5.29. The zero-order valence-corrected chi connectivity index (χ0v) is 9.78. The molecule has 2 rings (SSSR count). The molecule has 1 heterocycles. The molecule has 1 unspecified atom stereocenters. The number of benzene rings is 1. The van der Waals surface area contributed by atoms with E-state index in [2.05, 4.69) is 36.1 Å². The van der Waals surface area contributed by atoms with Gasteiger partial charge in [0.25, 0.3) is 0 Å². The van der Waals surface area contributed by atoms with Gasteiger partial charge in [0.1, 0.15) is 4.32 Å². The number of rotatable bonds is 2. The third-order valence-corrected chi connectivity index (χ3v) is 4.14. The molecule has 1 nitrogen and oxygen atoms in total. The molecule has 1 aromatic rings. The third-order valence-electron chi connectivity index (χ3n) is 2.40. The largest absolute Gasteiger partial charge is 0.326 e. The quantitative estimate of drug-likeness (QED) is 0.708. The van der Waals surface area contributed by atoms with Crippen molar-refractivity contribution in [3.05, 3.63) is 30.3 Å². The highest BCUT2D eigenvalue weighted by atomic mass is 32.2. The van der Waals surface area contributed by atoms with Crippen molar-refractivity contribution >= 4 is 34.0 Å². The Morgan fingerprint density at radius 2 is 2.14 bits per heavy atom. The lowest BCUT2D eigenvalue weighted by Crippen LogP contribution is -2.23. The van der Waals surface area contributed by atoms with Crippen LogP contribution in [-0.2, 0) is 0 Å². The first-order valence-electron chi connectivity index (χ1n) is 4.84. The van der Waals surface area contributed by atoms with Crippen LogP contribution in [0.15, 0.2) is 30.3 Å². The number of nitrogens with zero attached hydrogens (tertiary/aromatic N) is 1. The molecule has 0 radical (unpaired) electrons. The van der Waals surface area contributed by atoms with Gasteiger partial charge in [-0.15, -0.1) is 0 Å². The van der Waals surface area contributed by atoms with Gasteiger partial charge < -0.3 is 4.90 Å². The highest BCUT2D eigenvalue weighted by molar-refractivity contribution is 8.24. The van der Waals surface area contributed by atoms with Crippen LogP contribution in [0, 0.1) is 0 Å². The number of hydrogen-bond donors (Lipinski definition) is 0. The van der Waals surface area contributed by atoms with Gasteiger partial charge >= 0.3 is 0 Å². The molecule has 0 saturated carbocycles. The summed E-state index contributed by atoms with van der Waals surface area (Å²) in [5.74, 6) is 0. The summed E-state index contributed by atoms with van der Waals surface area (Å²) in [4.78, 5) is 2.23. The van der Waals surface area contributed by atoms with E-state index in [1.165, 1.54) is 12.1 Å². The van der Waals surface area contributed by atoms with Crippen LogP contribution in [0.1, 0.15) is 13.3 Å². The van der Waals surface area contributed by atoms with Gasteiger partial charge in [-0.25, -0.2) is 0 Å². The van der Waals surface area contributed by atoms with E-state index in [9.17, 15) is 0 Å². The summed E-state index contributed by atoms with van der Waals surface area (Å²) in [6, 6.07) is 10.4. The average molecular weight is 223 g/mol. The maximum atomic E-state index is 5.35. The Kier molecular flexibility index (Phi) is 3.08. The summed E-state index contributed by atoms with van der Waals surface area (Å²) in [5.41, 5.74) is 1.22. The van der Waals surface area contributed by atoms with E-state index in [0.717, 1.165) is 10.9 Å². The van der Waals surface area contributed by atoms with Crippen LogP contribution in [-0.4, -0.2) is 16.1 Å². The molecule has 14 heavy (non-hydrogen) atoms. The van der Waals surface area contributed by atoms with E-state index < -0.39 is 0 Å². The fourth-order valence-electron chi connectivity index (χ4n) is 1.55. The van der Waals surface area contributed by atoms with Crippen molar-refractivity contribution in [1.29, 1.82) is 0 Å². The van der Waals surface area contributed by atoms with Crippen molar-refractivity contribution in [2.45, 2.75) is 18.6 Å². The first-order valence-corrected chi connectivity index (χ1v) is 6.13. The topological polar surface area (TPSA) is 3.24 Å². The van der Waals surface area contributed by atoms with E-state index in [0.29, 0.717) is 5.25 Å². The fourth-order valence-corrected chi connectivity index (χ4v) is 3.12. The predicted octanol–water partition coefficient (Wildman–Crippen LogP) is 3.30. The lowest BCUT2D eigenvalue weighted by atomic mass is 10.2. The van der Waals surface area contributed by atoms with Crippen molar-refractivity contribution in [2.24, 2.45) is 0 Å². The molecule has 3 heteroatoms. The highest BCUT2D eigenvalue weighted by Gasteiger charge is 2.26. The Bertz CT molecular complexity index is 323. The molecular formula is C11H13NS2. The van der Waals surface area contributed by atoms with Gasteiger partial charge in [0.05, 0.1) is 0 Å². The van der Waals surface area contributed by atoms with Crippen molar-refractivity contribution in [1.82, 2.24) is 0 Å². The van der Waals surface area contributed by atoms with E-state index in [1.807, 2.05) is 17.8 Å². The summed E-state index contributed by atoms with van der Waals surface area (Å²) in [7, 11) is 0. The number of anilines is 1. The predicted molar refractivity (Wildman–Crippen MR) is 68.1 cm³/mol. The van der Waals surface area contributed by atoms with E-state index in [-0.39, 0.29) is 0 Å². The molecule has 1 aliphatic rings. The zero-order chi connectivity index (χ0) is 9.97. The van der Waals surface area contributed by atoms with Gasteiger partial charge in [0.15, 0.2) is 0 Å². The van der Waals surface area contributed by atoms with Crippen LogP contribution in [0.3, 0.4) is 0 Å². The zero-order valence-electron chi connectivity index (χ0n) is 8.14. The number of hydrogen-bond acceptors (Lipinski definition) is 2. The van der Waals surface area contributed by atoms with Gasteiger partial charge in [-0.05, 0) is 18.6 Å². The van der Waals surface area contributed by atoms with Crippen LogP contribution < -0.4 is 4.90 Å². The van der Waals surface area contributed by atoms with Crippen molar-refractivity contribution in [3.8, 4) is 0 Å². The van der Waals surface area contributed by atoms with Crippen LogP contribution in [0.4, 0.5) is 5.69 Å². The molecule has 0 bridgehead atoms. The van der Waals surface area contributed by atoms with Crippen LogP contribution in [0.5, 0.6) is 0 Å². The molecule has 1 fully saturated rings. The standard InChI is InChI=1S/C11H13NS2/c1-2-10-8-12(11(13)14-10)9-6-4-3-5-7-9/h3-7,10H,2,8H2,1H3. The SMILES string of the molecule is CCC1CN(c2ccccc2)C(=S)S1. The monoisotopic (exact) mass is 223 g/mol. The van der Waals surface area contributed by atoms with E-state index in [1.54, 1.807) is 0 Å². The molecule has 1 aromatic carbocycles. The second-order valence-electron chi connectivity index (χ2n) is 3.36. The molecule has 0 N–H and O–H groups in total. The first-order chi connectivity index (χ1) is 6.81. The van der Waals surface area contributed by atoms with Crippen molar-refractivity contribution in [2.75, 3.05) is 11.4 Å². The minimum atomic E-state index is 0.669. The molecule has 1 atom stereocenters. The molecule has 0 aliphatic carbocycles. The molecule has 0 amide bonds. The molecular weight excluding hydrogens is 210 g/mol. The van der Waals surface area contributed by atoms with E-state index in [4.69, 9.17) is 12.2 Å². The Morgan fingerprint density at radius 1 is 1.43 bits per heavy atom. The maximum Gasteiger partial charge on any atom is 0.141 e. The van der Waals surface area contributed by atoms with Crippen molar-refractivity contribution in [3.63, 3.8) is 0 Å². The van der Waals surface area contributed by atoms with Crippen LogP contribution >= 0.6 is 24.0 Å². The Hall–Kier alpha value is -0.540. The smallest absolute Gasteiger partial charge is 0.141 e. The van der Waals surface area contributed by atoms with Gasteiger partial charge in [-0.3, -0.25) is 0 Å². The fraction of sp³-hybridized carbons (Fsp3) is 0.364. The van der Waals surface area contributed by atoms with Crippen LogP contribution in [0.25, 0.3) is 0 Å². The molecule has 74 valence electrons.